The van der Waals surface area contributed by atoms with Gasteiger partial charge in [0.2, 0.25) is 11.8 Å². The van der Waals surface area contributed by atoms with Crippen molar-refractivity contribution in [3.63, 3.8) is 0 Å². The van der Waals surface area contributed by atoms with Crippen molar-refractivity contribution in [2.45, 2.75) is 24.2 Å². The Hall–Kier alpha value is -1.79. The highest BCUT2D eigenvalue weighted by atomic mass is 35.5. The van der Waals surface area contributed by atoms with E-state index in [1.165, 1.54) is 4.90 Å². The number of carbonyl (C=O) groups excluding carboxylic acids is 3. The fourth-order valence-corrected chi connectivity index (χ4v) is 3.49. The monoisotopic (exact) mass is 383 g/mol. The molecule has 1 aliphatic carbocycles. The van der Waals surface area contributed by atoms with Crippen LogP contribution in [0.25, 0.3) is 0 Å². The summed E-state index contributed by atoms with van der Waals surface area (Å²) in [6.07, 6.45) is 0.436. The third kappa shape index (κ3) is 3.60. The first-order valence-corrected chi connectivity index (χ1v) is 8.80. The second-order valence-electron chi connectivity index (χ2n) is 6.67. The van der Waals surface area contributed by atoms with Crippen LogP contribution in [-0.4, -0.2) is 46.6 Å². The Morgan fingerprint density at radius 1 is 1.28 bits per heavy atom. The van der Waals surface area contributed by atoms with Gasteiger partial charge in [0.25, 0.3) is 5.91 Å². The highest BCUT2D eigenvalue weighted by Crippen LogP contribution is 2.63. The van der Waals surface area contributed by atoms with Gasteiger partial charge >= 0.3 is 0 Å². The molecule has 25 heavy (non-hydrogen) atoms. The van der Waals surface area contributed by atoms with E-state index in [-0.39, 0.29) is 24.3 Å². The van der Waals surface area contributed by atoms with Crippen molar-refractivity contribution in [3.05, 3.63) is 35.4 Å². The molecule has 0 aromatic heterocycles. The van der Waals surface area contributed by atoms with E-state index in [0.29, 0.717) is 31.6 Å². The number of halogens is 2. The Morgan fingerprint density at radius 3 is 2.48 bits per heavy atom. The summed E-state index contributed by atoms with van der Waals surface area (Å²) in [5, 5.41) is 5.50. The molecule has 2 aliphatic rings. The average molecular weight is 384 g/mol. The lowest BCUT2D eigenvalue weighted by Gasteiger charge is -2.26. The first kappa shape index (κ1) is 18.0. The fourth-order valence-electron chi connectivity index (χ4n) is 2.78. The Labute approximate surface area is 155 Å². The minimum atomic E-state index is -0.992. The van der Waals surface area contributed by atoms with Crippen molar-refractivity contribution in [2.75, 3.05) is 19.6 Å². The van der Waals surface area contributed by atoms with E-state index in [4.69, 9.17) is 23.2 Å². The van der Waals surface area contributed by atoms with Gasteiger partial charge in [-0.3, -0.25) is 14.4 Å². The lowest BCUT2D eigenvalue weighted by molar-refractivity contribution is -0.126. The molecule has 1 aromatic rings. The van der Waals surface area contributed by atoms with E-state index in [0.717, 1.165) is 5.56 Å². The van der Waals surface area contributed by atoms with Crippen LogP contribution in [0.3, 0.4) is 0 Å². The van der Waals surface area contributed by atoms with Gasteiger partial charge in [-0.05, 0) is 31.0 Å². The first-order valence-electron chi connectivity index (χ1n) is 8.04. The molecule has 0 radical (unpaired) electrons. The molecule has 0 bridgehead atoms. The molecule has 134 valence electrons. The minimum Gasteiger partial charge on any atom is -0.353 e. The van der Waals surface area contributed by atoms with Gasteiger partial charge in [-0.2, -0.15) is 0 Å². The van der Waals surface area contributed by atoms with Gasteiger partial charge in [-0.15, -0.1) is 23.2 Å². The van der Waals surface area contributed by atoms with Crippen molar-refractivity contribution in [1.29, 1.82) is 0 Å². The van der Waals surface area contributed by atoms with E-state index in [1.807, 2.05) is 0 Å². The van der Waals surface area contributed by atoms with Crippen molar-refractivity contribution >= 4 is 40.9 Å². The van der Waals surface area contributed by atoms with Crippen LogP contribution in [0.2, 0.25) is 0 Å². The van der Waals surface area contributed by atoms with Crippen LogP contribution in [0, 0.1) is 5.41 Å². The normalized spacial score (nSPS) is 24.4. The van der Waals surface area contributed by atoms with Gasteiger partial charge in [0.15, 0.2) is 0 Å². The van der Waals surface area contributed by atoms with Gasteiger partial charge in [-0.1, -0.05) is 12.1 Å². The molecule has 3 amide bonds. The first-order chi connectivity index (χ1) is 11.7. The minimum absolute atomic E-state index is 0.0772. The molecule has 1 aromatic carbocycles. The second-order valence-corrected chi connectivity index (χ2v) is 8.15. The summed E-state index contributed by atoms with van der Waals surface area (Å²) in [5.74, 6) is -0.510. The van der Waals surface area contributed by atoms with Crippen molar-refractivity contribution in [1.82, 2.24) is 15.5 Å². The molecule has 0 unspecified atom stereocenters. The summed E-state index contributed by atoms with van der Waals surface area (Å²) in [6, 6.07) is 6.95. The molecule has 1 heterocycles. The van der Waals surface area contributed by atoms with Crippen LogP contribution < -0.4 is 10.6 Å². The second kappa shape index (κ2) is 6.50. The zero-order valence-corrected chi connectivity index (χ0v) is 15.3. The third-order valence-electron chi connectivity index (χ3n) is 4.74. The van der Waals surface area contributed by atoms with E-state index in [1.54, 1.807) is 31.2 Å². The predicted molar refractivity (Wildman–Crippen MR) is 94.4 cm³/mol. The summed E-state index contributed by atoms with van der Waals surface area (Å²) in [6.45, 7) is 3.11. The molecule has 3 rings (SSSR count). The molecular weight excluding hydrogens is 365 g/mol. The van der Waals surface area contributed by atoms with Gasteiger partial charge < -0.3 is 15.5 Å². The quantitative estimate of drug-likeness (QED) is 0.772. The molecule has 6 nitrogen and oxygen atoms in total. The summed E-state index contributed by atoms with van der Waals surface area (Å²) in [5.41, 5.74) is 0.626. The maximum atomic E-state index is 12.4. The Balaban J connectivity index is 1.56. The molecule has 1 atom stereocenters. The average Bonchev–Trinajstić information content (AvgIpc) is 3.12. The van der Waals surface area contributed by atoms with E-state index >= 15 is 0 Å². The lowest BCUT2D eigenvalue weighted by Crippen LogP contribution is -2.49. The van der Waals surface area contributed by atoms with Crippen LogP contribution in [0.1, 0.15) is 29.3 Å². The zero-order chi connectivity index (χ0) is 18.2. The van der Waals surface area contributed by atoms with Crippen molar-refractivity contribution in [3.8, 4) is 0 Å². The van der Waals surface area contributed by atoms with Gasteiger partial charge in [0.05, 0.1) is 12.0 Å². The van der Waals surface area contributed by atoms with Crippen molar-refractivity contribution in [2.24, 2.45) is 5.41 Å². The zero-order valence-electron chi connectivity index (χ0n) is 13.8. The number of rotatable bonds is 4. The maximum Gasteiger partial charge on any atom is 0.254 e. The van der Waals surface area contributed by atoms with E-state index in [2.05, 4.69) is 10.6 Å². The number of piperazine rings is 1. The Bertz CT molecular complexity index is 720. The molecule has 0 spiro atoms. The molecule has 8 heteroatoms. The lowest BCUT2D eigenvalue weighted by atomic mass is 10.1. The number of benzene rings is 1. The SMILES string of the molecule is C[C@]1(C(=O)NCc2ccc(C(=O)N3CCNC(=O)C3)cc2)CC1(Cl)Cl. The number of amides is 3. The van der Waals surface area contributed by atoms with Crippen LogP contribution >= 0.6 is 23.2 Å². The van der Waals surface area contributed by atoms with Crippen molar-refractivity contribution < 1.29 is 14.4 Å². The molecule has 1 aliphatic heterocycles. The molecular formula is C17H19Cl2N3O3. The Kier molecular flexibility index (Phi) is 4.68. The predicted octanol–water partition coefficient (Wildman–Crippen LogP) is 1.46. The van der Waals surface area contributed by atoms with Gasteiger partial charge in [0.1, 0.15) is 4.33 Å². The summed E-state index contributed by atoms with van der Waals surface area (Å²) >= 11 is 12.0. The van der Waals surface area contributed by atoms with Crippen LogP contribution in [0.4, 0.5) is 0 Å². The third-order valence-corrected chi connectivity index (χ3v) is 5.84. The smallest absolute Gasteiger partial charge is 0.254 e. The van der Waals surface area contributed by atoms with Crippen LogP contribution in [-0.2, 0) is 16.1 Å². The summed E-state index contributed by atoms with van der Waals surface area (Å²) in [4.78, 5) is 37.4. The highest BCUT2D eigenvalue weighted by Gasteiger charge is 2.67. The number of alkyl halides is 2. The number of hydrogen-bond donors (Lipinski definition) is 2. The number of carbonyl (C=O) groups is 3. The van der Waals surface area contributed by atoms with Crippen LogP contribution in [0.5, 0.6) is 0 Å². The molecule has 1 saturated heterocycles. The Morgan fingerprint density at radius 2 is 1.92 bits per heavy atom. The largest absolute Gasteiger partial charge is 0.353 e. The number of hydrogen-bond acceptors (Lipinski definition) is 3. The molecule has 2 fully saturated rings. The number of nitrogens with zero attached hydrogens (tertiary/aromatic N) is 1. The van der Waals surface area contributed by atoms with Crippen LogP contribution in [0.15, 0.2) is 24.3 Å². The summed E-state index contributed by atoms with van der Waals surface area (Å²) in [7, 11) is 0. The maximum absolute atomic E-state index is 12.4. The standard InChI is InChI=1S/C17H19Cl2N3O3/c1-16(10-17(16,18)19)15(25)21-8-11-2-4-12(5-3-11)14(24)22-7-6-20-13(23)9-22/h2-5H,6-10H2,1H3,(H,20,23)(H,21,25)/t16-/m1/s1. The topological polar surface area (TPSA) is 78.5 Å². The summed E-state index contributed by atoms with van der Waals surface area (Å²) < 4.78 is -0.992. The van der Waals surface area contributed by atoms with E-state index in [9.17, 15) is 14.4 Å². The molecule has 1 saturated carbocycles. The fraction of sp³-hybridized carbons (Fsp3) is 0.471. The highest BCUT2D eigenvalue weighted by molar-refractivity contribution is 6.53. The van der Waals surface area contributed by atoms with E-state index < -0.39 is 9.75 Å². The number of nitrogens with one attached hydrogen (secondary N) is 2. The molecule has 2 N–H and O–H groups in total. The van der Waals surface area contributed by atoms with Gasteiger partial charge in [-0.25, -0.2) is 0 Å². The van der Waals surface area contributed by atoms with Gasteiger partial charge in [0, 0.05) is 25.2 Å².